The van der Waals surface area contributed by atoms with Gasteiger partial charge in [0.15, 0.2) is 65.3 Å². The van der Waals surface area contributed by atoms with Gasteiger partial charge in [0.2, 0.25) is 31.5 Å². The number of aliphatic hydroxyl groups is 24. The van der Waals surface area contributed by atoms with Crippen molar-refractivity contribution in [1.29, 1.82) is 0 Å². The lowest BCUT2D eigenvalue weighted by atomic mass is 9.33. The number of carboxylic acid groups (broad SMARTS) is 1. The molecule has 668 valence electrons. The second-order valence-corrected chi connectivity index (χ2v) is 34.1. The lowest BCUT2D eigenvalue weighted by Crippen LogP contribution is -2.68. The summed E-state index contributed by atoms with van der Waals surface area (Å²) in [5.41, 5.74) is -5.54. The second kappa shape index (κ2) is 38.3. The number of methoxy groups -OCH3 is 1. The minimum Gasteiger partial charge on any atom is -0.506 e. The van der Waals surface area contributed by atoms with E-state index in [2.05, 4.69) is 13.0 Å². The molecule has 0 spiro atoms. The normalized spacial score (nSPS) is 39.4. The Morgan fingerprint density at radius 1 is 0.664 bits per heavy atom. The first-order valence-electron chi connectivity index (χ1n) is 39.2. The number of fused-ring (bicyclic) bond motifs is 7. The highest BCUT2D eigenvalue weighted by atomic mass is 16.8. The molecule has 3 saturated heterocycles. The molecule has 8 aliphatic rings. The van der Waals surface area contributed by atoms with Crippen LogP contribution in [0.5, 0.6) is 0 Å². The zero-order valence-electron chi connectivity index (χ0n) is 66.8. The number of aliphatic carboxylic acids is 1. The molecule has 0 aromatic carbocycles. The van der Waals surface area contributed by atoms with Crippen LogP contribution in [0.25, 0.3) is 0 Å². The molecule has 25 N–H and O–H groups in total. The summed E-state index contributed by atoms with van der Waals surface area (Å²) < 4.78 is 70.8. The van der Waals surface area contributed by atoms with E-state index >= 15 is 4.79 Å². The maximum Gasteiger partial charge on any atom is 0.317 e. The molecule has 116 heavy (non-hydrogen) atoms. The Morgan fingerprint density at radius 2 is 1.31 bits per heavy atom. The first kappa shape index (κ1) is 96.7. The molecule has 27 unspecified atom stereocenters. The van der Waals surface area contributed by atoms with Crippen LogP contribution in [-0.4, -0.2) is 345 Å². The lowest BCUT2D eigenvalue weighted by Gasteiger charge is -2.71. The van der Waals surface area contributed by atoms with E-state index in [1.54, 1.807) is 6.92 Å². The van der Waals surface area contributed by atoms with Crippen LogP contribution in [0, 0.1) is 50.2 Å². The summed E-state index contributed by atoms with van der Waals surface area (Å²) in [6.45, 7) is 14.7. The molecule has 40 heteroatoms. The van der Waals surface area contributed by atoms with Crippen molar-refractivity contribution in [2.75, 3.05) is 26.9 Å². The first-order chi connectivity index (χ1) is 54.0. The number of hydrogen-bond donors (Lipinski definition) is 25. The van der Waals surface area contributed by atoms with Gasteiger partial charge in [-0.15, -0.1) is 0 Å². The van der Waals surface area contributed by atoms with Gasteiger partial charge in [0.25, 0.3) is 0 Å². The molecular weight excluding hydrogens is 1550 g/mol. The third-order valence-electron chi connectivity index (χ3n) is 26.2. The quantitative estimate of drug-likeness (QED) is 0.0103. The third kappa shape index (κ3) is 19.3. The summed E-state index contributed by atoms with van der Waals surface area (Å²) in [7, 11) is 1.15. The number of esters is 1. The van der Waals surface area contributed by atoms with Gasteiger partial charge < -0.3 is 189 Å². The average molecular weight is 1680 g/mol. The van der Waals surface area contributed by atoms with Crippen LogP contribution in [0.4, 0.5) is 0 Å². The van der Waals surface area contributed by atoms with Gasteiger partial charge >= 0.3 is 11.9 Å². The zero-order valence-corrected chi connectivity index (χ0v) is 66.8. The van der Waals surface area contributed by atoms with Crippen LogP contribution in [0.3, 0.4) is 0 Å². The third-order valence-corrected chi connectivity index (χ3v) is 26.2. The molecular formula is C76H124O40. The minimum absolute atomic E-state index is 0.0383. The highest BCUT2D eigenvalue weighted by molar-refractivity contribution is 5.80. The van der Waals surface area contributed by atoms with Gasteiger partial charge in [0, 0.05) is 20.1 Å². The minimum atomic E-state index is -3.03. The number of carbonyl (C=O) groups excluding carboxylic acids is 2. The summed E-state index contributed by atoms with van der Waals surface area (Å²) in [6, 6.07) is 0. The molecule has 0 bridgehead atoms. The molecule has 0 radical (unpaired) electrons. The number of carboxylic acids is 1. The molecule has 35 atom stereocenters. The van der Waals surface area contributed by atoms with Crippen LogP contribution < -0.4 is 0 Å². The fraction of sp³-hybridized carbons (Fsp3) is 0.855. The number of rotatable bonds is 36. The SMILES string of the molecule is CCC(OC1OCCC(OC(O)/C(O)=C(/O)C(C)O)C1O)/C(OC1CC(O)(O)C(O)C(CO)O1)=C(\O)C(O)OC1C(OC(=O)[C@]23CCC(C)(C)CC2C2=CCC4[C@@]5(C)CC[C@H](OC(O)C(OC(O)/C(O)=C(/O)C(O)CCO)C(OC(O)C(O)C(O)[C@H](C)O)C(O)CC(=O)O)[C@@](C)(C=O)C5CC[C@@]4(C)[C@]2(C)C[C@H]3O)OC(C)C(O)C1OC. The number of aliphatic hydroxyl groups excluding tert-OH is 22. The maximum absolute atomic E-state index is 16.0. The summed E-state index contributed by atoms with van der Waals surface area (Å²) >= 11 is 0. The summed E-state index contributed by atoms with van der Waals surface area (Å²) in [5, 5.41) is 273. The van der Waals surface area contributed by atoms with Gasteiger partial charge in [-0.25, -0.2) is 0 Å². The van der Waals surface area contributed by atoms with Crippen LogP contribution >= 0.6 is 0 Å². The van der Waals surface area contributed by atoms with Crippen LogP contribution in [0.2, 0.25) is 0 Å². The molecule has 0 amide bonds. The fourth-order valence-corrected chi connectivity index (χ4v) is 19.3. The molecule has 0 aromatic heterocycles. The van der Waals surface area contributed by atoms with Gasteiger partial charge in [-0.3, -0.25) is 9.59 Å². The zero-order chi connectivity index (χ0) is 86.9. The number of carbonyl (C=O) groups is 3. The van der Waals surface area contributed by atoms with E-state index in [0.717, 1.165) is 26.5 Å². The fourth-order valence-electron chi connectivity index (χ4n) is 19.3. The molecule has 7 fully saturated rings. The number of ether oxygens (including phenoxy) is 12. The van der Waals surface area contributed by atoms with Crippen molar-refractivity contribution in [2.45, 2.75) is 331 Å². The number of aldehydes is 1. The van der Waals surface area contributed by atoms with Crippen molar-refractivity contribution in [3.8, 4) is 0 Å². The Labute approximate surface area is 669 Å². The van der Waals surface area contributed by atoms with Crippen molar-refractivity contribution < 1.29 is 199 Å². The van der Waals surface area contributed by atoms with Gasteiger partial charge in [0.1, 0.15) is 84.9 Å². The smallest absolute Gasteiger partial charge is 0.317 e. The van der Waals surface area contributed by atoms with E-state index in [-0.39, 0.29) is 57.5 Å². The van der Waals surface area contributed by atoms with Crippen molar-refractivity contribution in [3.05, 3.63) is 46.2 Å². The summed E-state index contributed by atoms with van der Waals surface area (Å²) in [5.74, 6) is -14.8. The molecule has 40 nitrogen and oxygen atoms in total. The maximum atomic E-state index is 16.0. The van der Waals surface area contributed by atoms with Crippen molar-refractivity contribution in [2.24, 2.45) is 50.2 Å². The van der Waals surface area contributed by atoms with E-state index in [0.29, 0.717) is 32.0 Å². The van der Waals surface area contributed by atoms with Gasteiger partial charge in [0.05, 0.1) is 68.1 Å². The highest BCUT2D eigenvalue weighted by Crippen LogP contribution is 2.76. The Hall–Kier alpha value is -4.79. The number of hydrogen-bond acceptors (Lipinski definition) is 39. The van der Waals surface area contributed by atoms with Crippen LogP contribution in [-0.2, 0) is 71.2 Å². The largest absolute Gasteiger partial charge is 0.506 e. The van der Waals surface area contributed by atoms with E-state index in [4.69, 9.17) is 56.8 Å². The van der Waals surface area contributed by atoms with E-state index in [1.807, 2.05) is 27.7 Å². The van der Waals surface area contributed by atoms with E-state index in [1.165, 1.54) is 13.8 Å². The molecule has 3 heterocycles. The Bertz CT molecular complexity index is 3420. The topological polar surface area (TPSA) is 668 Å². The molecule has 8 rings (SSSR count). The molecule has 0 aromatic rings. The van der Waals surface area contributed by atoms with Gasteiger partial charge in [-0.2, -0.15) is 0 Å². The first-order valence-corrected chi connectivity index (χ1v) is 39.2. The Morgan fingerprint density at radius 3 is 1.91 bits per heavy atom. The molecule has 5 aliphatic carbocycles. The molecule has 3 aliphatic heterocycles. The Kier molecular flexibility index (Phi) is 31.9. The average Bonchev–Trinajstić information content (AvgIpc) is 0.668. The van der Waals surface area contributed by atoms with Crippen molar-refractivity contribution >= 4 is 18.2 Å². The van der Waals surface area contributed by atoms with Gasteiger partial charge in [-0.1, -0.05) is 60.1 Å². The van der Waals surface area contributed by atoms with Crippen LogP contribution in [0.15, 0.2) is 46.2 Å². The monoisotopic (exact) mass is 1680 g/mol. The van der Waals surface area contributed by atoms with Crippen LogP contribution in [0.1, 0.15) is 159 Å². The van der Waals surface area contributed by atoms with Gasteiger partial charge in [-0.05, 0) is 131 Å². The molecule has 4 saturated carbocycles. The highest BCUT2D eigenvalue weighted by Gasteiger charge is 2.73. The predicted octanol–water partition coefficient (Wildman–Crippen LogP) is -2.32. The summed E-state index contributed by atoms with van der Waals surface area (Å²) in [4.78, 5) is 42.2. The second-order valence-electron chi connectivity index (χ2n) is 34.1. The Balaban J connectivity index is 1.11. The lowest BCUT2D eigenvalue weighted by molar-refractivity contribution is -0.343. The standard InChI is InChI=1S/C76H124O40/c1-12-38(110-67-51(91)39(18-24-106-67)109-62(97)52(92)47(87)31(2)80)57(112-46-28-76(103,104)61(96)40(29-78)108-46)55(95)65(100)115-60-58(105-11)49(89)33(4)107-68(60)116-69(102)75-22-21-70(5,6)26-35(75)34-13-14-42-71(7)19-16-44(72(8,30-79)41(71)15-20-73(42,9)74(34,10)27-43(75)84)111-66(101)59(114-64(99)54(94)50(90)36(82)17-23-77)56(37(83)25-45(85)86)113-63(98)53(93)48(88)32(3)81/h13,30-33,35-44,46,48-49,51,53,56,58-68,77-78,80-84,87-101,103-104H,12,14-29H2,1-11H3,(H,85,86)/b52-47-,54-50-,57-55+/t31?,32-,33?,35?,36?,37?,38?,39?,40?,41?,42?,43+,44-,46?,48?,49?,51?,53?,56?,58?,59?,60?,61?,62?,63?,64?,65?,66?,67?,68?,71-,72-,73+,74+,75+/m0/s1. The van der Waals surface area contributed by atoms with E-state index in [9.17, 15) is 137 Å². The summed E-state index contributed by atoms with van der Waals surface area (Å²) in [6.07, 6.45) is -53.1. The van der Waals surface area contributed by atoms with Crippen molar-refractivity contribution in [3.63, 3.8) is 0 Å². The predicted molar refractivity (Wildman–Crippen MR) is 388 cm³/mol. The number of allylic oxidation sites excluding steroid dienone is 2. The van der Waals surface area contributed by atoms with E-state index < -0.39 is 295 Å². The van der Waals surface area contributed by atoms with Crippen molar-refractivity contribution in [1.82, 2.24) is 0 Å².